The van der Waals surface area contributed by atoms with Crippen LogP contribution >= 0.6 is 0 Å². The molecule has 1 aromatic carbocycles. The van der Waals surface area contributed by atoms with Crippen molar-refractivity contribution >= 4 is 7.69 Å². The summed E-state index contributed by atoms with van der Waals surface area (Å²) in [6.45, 7) is 0. The van der Waals surface area contributed by atoms with E-state index in [-0.39, 0.29) is 7.69 Å². The lowest BCUT2D eigenvalue weighted by molar-refractivity contribution is 0.420. The molecule has 0 heterocycles. The van der Waals surface area contributed by atoms with E-state index in [0.29, 0.717) is 0 Å². The van der Waals surface area contributed by atoms with Crippen LogP contribution in [0.15, 0.2) is 30.3 Å². The minimum absolute atomic E-state index is 0. The van der Waals surface area contributed by atoms with Crippen molar-refractivity contribution in [2.24, 2.45) is 0 Å². The van der Waals surface area contributed by atoms with E-state index in [9.17, 15) is 0 Å². The first-order valence-electron chi connectivity index (χ1n) is 4.53. The van der Waals surface area contributed by atoms with Crippen LogP contribution in [0.2, 0.25) is 0 Å². The molecule has 1 radical (unpaired) electrons. The lowest BCUT2D eigenvalue weighted by Gasteiger charge is -2.25. The Morgan fingerprint density at radius 3 is 2.00 bits per heavy atom. The van der Waals surface area contributed by atoms with Crippen LogP contribution in [0.25, 0.3) is 0 Å². The van der Waals surface area contributed by atoms with E-state index in [1.165, 1.54) is 24.8 Å². The lowest BCUT2D eigenvalue weighted by atomic mass is 9.80. The van der Waals surface area contributed by atoms with E-state index >= 15 is 0 Å². The Hall–Kier alpha value is -0.795. The van der Waals surface area contributed by atoms with Crippen molar-refractivity contribution in [3.8, 4) is 0 Å². The van der Waals surface area contributed by atoms with Gasteiger partial charge in [-0.15, -0.1) is 0 Å². The predicted molar refractivity (Wildman–Crippen MR) is 53.2 cm³/mol. The van der Waals surface area contributed by atoms with Crippen molar-refractivity contribution in [2.75, 3.05) is 0 Å². The Bertz CT molecular complexity index is 222. The van der Waals surface area contributed by atoms with E-state index < -0.39 is 0 Å². The molecule has 1 aliphatic rings. The number of hydrogen-bond donors (Lipinski definition) is 2. The topological polar surface area (TPSA) is 40.5 Å². The second-order valence-corrected chi connectivity index (χ2v) is 3.15. The second-order valence-electron chi connectivity index (χ2n) is 3.15. The Morgan fingerprint density at radius 2 is 1.62 bits per heavy atom. The molecule has 0 atom stereocenters. The molecule has 0 aliphatic heterocycles. The van der Waals surface area contributed by atoms with Gasteiger partial charge >= 0.3 is 7.69 Å². The molecule has 0 aromatic heterocycles. The van der Waals surface area contributed by atoms with Crippen LogP contribution in [0.3, 0.4) is 0 Å². The third kappa shape index (κ3) is 3.21. The highest BCUT2D eigenvalue weighted by molar-refractivity contribution is 6.13. The standard InChI is InChI=1S/C10H12.BH2O2/c1-2-5-9(6-3-1)10-7-4-8-10;2-1-3/h1-3,5-6,10H,4,7-8H2;2-3H. The van der Waals surface area contributed by atoms with Gasteiger partial charge in [-0.3, -0.25) is 0 Å². The van der Waals surface area contributed by atoms with Gasteiger partial charge in [0.05, 0.1) is 0 Å². The molecule has 1 fully saturated rings. The highest BCUT2D eigenvalue weighted by Gasteiger charge is 2.18. The zero-order chi connectivity index (χ0) is 9.52. The summed E-state index contributed by atoms with van der Waals surface area (Å²) in [6, 6.07) is 10.8. The minimum Gasteiger partial charge on any atom is -0.429 e. The average molecular weight is 177 g/mol. The second kappa shape index (κ2) is 5.78. The maximum atomic E-state index is 7.00. The summed E-state index contributed by atoms with van der Waals surface area (Å²) in [5, 5.41) is 14.0. The molecule has 3 heteroatoms. The molecule has 69 valence electrons. The van der Waals surface area contributed by atoms with Crippen molar-refractivity contribution in [2.45, 2.75) is 25.2 Å². The fourth-order valence-electron chi connectivity index (χ4n) is 1.47. The molecule has 0 saturated heterocycles. The van der Waals surface area contributed by atoms with Crippen LogP contribution in [0, 0.1) is 0 Å². The molecule has 0 amide bonds. The van der Waals surface area contributed by atoms with E-state index in [2.05, 4.69) is 30.3 Å². The van der Waals surface area contributed by atoms with Gasteiger partial charge in [0.15, 0.2) is 0 Å². The van der Waals surface area contributed by atoms with Gasteiger partial charge in [-0.1, -0.05) is 36.8 Å². The Balaban J connectivity index is 0.000000251. The molecule has 1 aliphatic carbocycles. The lowest BCUT2D eigenvalue weighted by Crippen LogP contribution is -2.07. The van der Waals surface area contributed by atoms with Crippen molar-refractivity contribution in [3.63, 3.8) is 0 Å². The molecule has 13 heavy (non-hydrogen) atoms. The van der Waals surface area contributed by atoms with Crippen LogP contribution in [0.5, 0.6) is 0 Å². The van der Waals surface area contributed by atoms with Gasteiger partial charge in [0.1, 0.15) is 0 Å². The van der Waals surface area contributed by atoms with Crippen molar-refractivity contribution < 1.29 is 10.0 Å². The van der Waals surface area contributed by atoms with Gasteiger partial charge in [-0.25, -0.2) is 0 Å². The van der Waals surface area contributed by atoms with Crippen LogP contribution < -0.4 is 0 Å². The normalized spacial score (nSPS) is 15.2. The van der Waals surface area contributed by atoms with Crippen molar-refractivity contribution in [3.05, 3.63) is 35.9 Å². The number of benzene rings is 1. The largest absolute Gasteiger partial charge is 0.482 e. The summed E-state index contributed by atoms with van der Waals surface area (Å²) in [5.74, 6) is 0.890. The maximum absolute atomic E-state index is 7.00. The summed E-state index contributed by atoms with van der Waals surface area (Å²) in [6.07, 6.45) is 4.24. The molecular weight excluding hydrogens is 163 g/mol. The molecule has 0 spiro atoms. The molecule has 0 bridgehead atoms. The smallest absolute Gasteiger partial charge is 0.429 e. The van der Waals surface area contributed by atoms with Gasteiger partial charge in [0.25, 0.3) is 0 Å². The number of hydrogen-bond acceptors (Lipinski definition) is 2. The minimum atomic E-state index is 0. The third-order valence-corrected chi connectivity index (χ3v) is 2.38. The van der Waals surface area contributed by atoms with Crippen LogP contribution in [0.1, 0.15) is 30.7 Å². The Kier molecular flexibility index (Phi) is 4.58. The average Bonchev–Trinajstić information content (AvgIpc) is 2.04. The SMILES string of the molecule is O[B]O.c1ccc(C2CCC2)cc1. The fourth-order valence-corrected chi connectivity index (χ4v) is 1.47. The van der Waals surface area contributed by atoms with Crippen molar-refractivity contribution in [1.82, 2.24) is 0 Å². The maximum Gasteiger partial charge on any atom is 0.482 e. The van der Waals surface area contributed by atoms with Crippen LogP contribution in [-0.4, -0.2) is 17.7 Å². The first-order valence-corrected chi connectivity index (χ1v) is 4.53. The third-order valence-electron chi connectivity index (χ3n) is 2.38. The van der Waals surface area contributed by atoms with E-state index in [4.69, 9.17) is 10.0 Å². The van der Waals surface area contributed by atoms with Gasteiger partial charge in [0, 0.05) is 0 Å². The van der Waals surface area contributed by atoms with E-state index in [1.807, 2.05) is 0 Å². The summed E-state index contributed by atoms with van der Waals surface area (Å²) >= 11 is 0. The molecule has 1 saturated carbocycles. The zero-order valence-electron chi connectivity index (χ0n) is 7.56. The van der Waals surface area contributed by atoms with Gasteiger partial charge < -0.3 is 10.0 Å². The molecule has 2 rings (SSSR count). The van der Waals surface area contributed by atoms with Gasteiger partial charge in [0.2, 0.25) is 0 Å². The number of rotatable bonds is 1. The molecule has 2 nitrogen and oxygen atoms in total. The highest BCUT2D eigenvalue weighted by Crippen LogP contribution is 2.35. The van der Waals surface area contributed by atoms with E-state index in [1.54, 1.807) is 0 Å². The molecule has 1 aromatic rings. The molecule has 0 unspecified atom stereocenters. The van der Waals surface area contributed by atoms with Crippen LogP contribution in [-0.2, 0) is 0 Å². The summed E-state index contributed by atoms with van der Waals surface area (Å²) in [5.41, 5.74) is 1.54. The summed E-state index contributed by atoms with van der Waals surface area (Å²) in [4.78, 5) is 0. The van der Waals surface area contributed by atoms with Gasteiger partial charge in [-0.05, 0) is 24.3 Å². The van der Waals surface area contributed by atoms with Crippen LogP contribution in [0.4, 0.5) is 0 Å². The monoisotopic (exact) mass is 177 g/mol. The fraction of sp³-hybridized carbons (Fsp3) is 0.400. The Morgan fingerprint density at radius 1 is 1.08 bits per heavy atom. The zero-order valence-corrected chi connectivity index (χ0v) is 7.56. The first-order chi connectivity index (χ1) is 6.38. The predicted octanol–water partition coefficient (Wildman–Crippen LogP) is 1.46. The Labute approximate surface area is 79.5 Å². The summed E-state index contributed by atoms with van der Waals surface area (Å²) in [7, 11) is 0. The molecular formula is C10H14BO2. The summed E-state index contributed by atoms with van der Waals surface area (Å²) < 4.78 is 0. The quantitative estimate of drug-likeness (QED) is 0.637. The van der Waals surface area contributed by atoms with Gasteiger partial charge in [-0.2, -0.15) is 0 Å². The molecule has 2 N–H and O–H groups in total. The first kappa shape index (κ1) is 10.3. The van der Waals surface area contributed by atoms with Crippen molar-refractivity contribution in [1.29, 1.82) is 0 Å². The highest BCUT2D eigenvalue weighted by atomic mass is 16.4. The van der Waals surface area contributed by atoms with E-state index in [0.717, 1.165) is 5.92 Å².